The molecule has 1 saturated carbocycles. The van der Waals surface area contributed by atoms with E-state index in [1.54, 1.807) is 0 Å². The number of nitrogens with two attached hydrogens (primary N) is 1. The van der Waals surface area contributed by atoms with Crippen LogP contribution in [0.4, 0.5) is 0 Å². The summed E-state index contributed by atoms with van der Waals surface area (Å²) >= 11 is 0. The van der Waals surface area contributed by atoms with Crippen molar-refractivity contribution in [2.75, 3.05) is 0 Å². The largest absolute Gasteiger partial charge is 0.438 e. The molecule has 0 radical (unpaired) electrons. The van der Waals surface area contributed by atoms with E-state index in [2.05, 4.69) is 14.7 Å². The highest BCUT2D eigenvalue weighted by molar-refractivity contribution is 5.05. The predicted octanol–water partition coefficient (Wildman–Crippen LogP) is 1.13. The number of rotatable bonds is 2. The minimum absolute atomic E-state index is 0.0456. The molecule has 5 nitrogen and oxygen atoms in total. The fourth-order valence-electron chi connectivity index (χ4n) is 2.34. The zero-order valence-electron chi connectivity index (χ0n) is 8.95. The first-order valence-electron chi connectivity index (χ1n) is 5.46. The number of hydrogen-bond donors (Lipinski definition) is 2. The Morgan fingerprint density at radius 2 is 2.13 bits per heavy atom. The quantitative estimate of drug-likeness (QED) is 0.767. The van der Waals surface area contributed by atoms with E-state index < -0.39 is 5.76 Å². The summed E-state index contributed by atoms with van der Waals surface area (Å²) in [5, 5.41) is 3.71. The molecular weight excluding hydrogens is 194 g/mol. The summed E-state index contributed by atoms with van der Waals surface area (Å²) < 4.78 is 4.50. The number of aromatic nitrogens is 2. The van der Waals surface area contributed by atoms with Crippen molar-refractivity contribution in [1.29, 1.82) is 0 Å². The van der Waals surface area contributed by atoms with Crippen molar-refractivity contribution >= 4 is 0 Å². The van der Waals surface area contributed by atoms with Crippen LogP contribution in [0.5, 0.6) is 0 Å². The third-order valence-corrected chi connectivity index (χ3v) is 3.51. The maximum Gasteiger partial charge on any atom is 0.438 e. The Bertz CT molecular complexity index is 376. The Balaban J connectivity index is 2.18. The lowest BCUT2D eigenvalue weighted by Crippen LogP contribution is -2.46. The predicted molar refractivity (Wildman–Crippen MR) is 55.5 cm³/mol. The smallest absolute Gasteiger partial charge is 0.324 e. The van der Waals surface area contributed by atoms with Crippen LogP contribution in [0.1, 0.15) is 50.8 Å². The van der Waals surface area contributed by atoms with Crippen molar-refractivity contribution in [3.8, 4) is 0 Å². The van der Waals surface area contributed by atoms with Crippen LogP contribution in [-0.2, 0) is 0 Å². The van der Waals surface area contributed by atoms with Crippen LogP contribution in [0.2, 0.25) is 0 Å². The van der Waals surface area contributed by atoms with E-state index in [1.165, 1.54) is 6.42 Å². The first kappa shape index (κ1) is 10.4. The lowest BCUT2D eigenvalue weighted by Gasteiger charge is -2.37. The van der Waals surface area contributed by atoms with Crippen LogP contribution >= 0.6 is 0 Å². The molecule has 84 valence electrons. The molecule has 2 rings (SSSR count). The number of nitrogens with one attached hydrogen (secondary N) is 1. The van der Waals surface area contributed by atoms with Crippen molar-refractivity contribution in [2.45, 2.75) is 50.5 Å². The fourth-order valence-corrected chi connectivity index (χ4v) is 2.34. The van der Waals surface area contributed by atoms with Gasteiger partial charge in [0.1, 0.15) is 0 Å². The molecular formula is C10H17N3O2. The molecule has 1 heterocycles. The highest BCUT2D eigenvalue weighted by Crippen LogP contribution is 2.36. The Morgan fingerprint density at radius 1 is 1.47 bits per heavy atom. The van der Waals surface area contributed by atoms with Crippen molar-refractivity contribution < 1.29 is 4.52 Å². The molecule has 0 spiro atoms. The van der Waals surface area contributed by atoms with Crippen LogP contribution in [0.3, 0.4) is 0 Å². The molecule has 0 aliphatic heterocycles. The molecule has 1 atom stereocenters. The molecule has 3 N–H and O–H groups in total. The highest BCUT2D eigenvalue weighted by atomic mass is 16.5. The summed E-state index contributed by atoms with van der Waals surface area (Å²) in [6, 6.07) is 0. The topological polar surface area (TPSA) is 84.9 Å². The summed E-state index contributed by atoms with van der Waals surface area (Å²) in [4.78, 5) is 13.4. The van der Waals surface area contributed by atoms with Gasteiger partial charge in [0.15, 0.2) is 5.82 Å². The molecule has 1 unspecified atom stereocenters. The van der Waals surface area contributed by atoms with Crippen molar-refractivity contribution in [3.05, 3.63) is 16.4 Å². The second-order valence-electron chi connectivity index (χ2n) is 4.50. The van der Waals surface area contributed by atoms with Crippen LogP contribution in [0, 0.1) is 0 Å². The molecule has 5 heteroatoms. The van der Waals surface area contributed by atoms with Gasteiger partial charge in [0, 0.05) is 11.5 Å². The summed E-state index contributed by atoms with van der Waals surface area (Å²) in [6.07, 6.45) is 5.54. The minimum Gasteiger partial charge on any atom is -0.324 e. The fraction of sp³-hybridized carbons (Fsp3) is 0.800. The molecule has 15 heavy (non-hydrogen) atoms. The van der Waals surface area contributed by atoms with Crippen molar-refractivity contribution in [3.63, 3.8) is 0 Å². The van der Waals surface area contributed by atoms with E-state index in [1.807, 2.05) is 6.92 Å². The van der Waals surface area contributed by atoms with E-state index in [4.69, 9.17) is 5.73 Å². The third kappa shape index (κ3) is 1.97. The Hall–Kier alpha value is -1.10. The van der Waals surface area contributed by atoms with Crippen LogP contribution in [0.25, 0.3) is 0 Å². The van der Waals surface area contributed by atoms with E-state index in [9.17, 15) is 4.79 Å². The van der Waals surface area contributed by atoms with E-state index in [0.29, 0.717) is 5.82 Å². The number of H-pyrrole nitrogens is 1. The molecule has 1 aromatic heterocycles. The highest BCUT2D eigenvalue weighted by Gasteiger charge is 2.36. The Labute approximate surface area is 88.0 Å². The average Bonchev–Trinajstić information content (AvgIpc) is 2.65. The Kier molecular flexibility index (Phi) is 2.65. The molecule has 1 aromatic rings. The van der Waals surface area contributed by atoms with Crippen molar-refractivity contribution in [2.24, 2.45) is 5.73 Å². The molecule has 0 aromatic carbocycles. The number of aromatic amines is 1. The van der Waals surface area contributed by atoms with E-state index >= 15 is 0 Å². The maximum atomic E-state index is 10.9. The SMILES string of the molecule is CC(c1noc(=O)[nH]1)C1(N)CCCCC1. The van der Waals surface area contributed by atoms with Crippen molar-refractivity contribution in [1.82, 2.24) is 10.1 Å². The lowest BCUT2D eigenvalue weighted by molar-refractivity contribution is 0.246. The van der Waals surface area contributed by atoms with Gasteiger partial charge in [-0.3, -0.25) is 9.51 Å². The van der Waals surface area contributed by atoms with Gasteiger partial charge < -0.3 is 5.73 Å². The monoisotopic (exact) mass is 211 g/mol. The van der Waals surface area contributed by atoms with Gasteiger partial charge >= 0.3 is 5.76 Å². The average molecular weight is 211 g/mol. The van der Waals surface area contributed by atoms with Crippen LogP contribution in [-0.4, -0.2) is 15.7 Å². The van der Waals surface area contributed by atoms with Gasteiger partial charge in [-0.15, -0.1) is 0 Å². The summed E-state index contributed by atoms with van der Waals surface area (Å²) in [5.74, 6) is 0.116. The molecule has 0 bridgehead atoms. The molecule has 0 saturated heterocycles. The van der Waals surface area contributed by atoms with Crippen LogP contribution < -0.4 is 11.5 Å². The molecule has 1 aliphatic carbocycles. The Morgan fingerprint density at radius 3 is 2.67 bits per heavy atom. The zero-order valence-corrected chi connectivity index (χ0v) is 8.95. The molecule has 1 aliphatic rings. The van der Waals surface area contributed by atoms with E-state index in [-0.39, 0.29) is 11.5 Å². The summed E-state index contributed by atoms with van der Waals surface area (Å²) in [6.45, 7) is 2.00. The normalized spacial score (nSPS) is 22.5. The van der Waals surface area contributed by atoms with Crippen LogP contribution in [0.15, 0.2) is 9.32 Å². The second kappa shape index (κ2) is 3.81. The van der Waals surface area contributed by atoms with Gasteiger partial charge in [0.05, 0.1) is 0 Å². The van der Waals surface area contributed by atoms with Gasteiger partial charge in [-0.05, 0) is 12.8 Å². The molecule has 0 amide bonds. The third-order valence-electron chi connectivity index (χ3n) is 3.51. The van der Waals surface area contributed by atoms with Gasteiger partial charge in [-0.1, -0.05) is 31.3 Å². The zero-order chi connectivity index (χ0) is 10.9. The molecule has 1 fully saturated rings. The number of nitrogens with zero attached hydrogens (tertiary/aromatic N) is 1. The summed E-state index contributed by atoms with van der Waals surface area (Å²) in [7, 11) is 0. The van der Waals surface area contributed by atoms with E-state index in [0.717, 1.165) is 25.7 Å². The summed E-state index contributed by atoms with van der Waals surface area (Å²) in [5.41, 5.74) is 6.10. The van der Waals surface area contributed by atoms with Gasteiger partial charge in [-0.25, -0.2) is 4.79 Å². The standard InChI is InChI=1S/C10H17N3O2/c1-7(8-12-9(14)15-13-8)10(11)5-3-2-4-6-10/h7H,2-6,11H2,1H3,(H,12,13,14). The van der Waals surface area contributed by atoms with Gasteiger partial charge in [0.25, 0.3) is 0 Å². The number of hydrogen-bond acceptors (Lipinski definition) is 4. The first-order valence-corrected chi connectivity index (χ1v) is 5.46. The first-order chi connectivity index (χ1) is 7.12. The lowest BCUT2D eigenvalue weighted by atomic mass is 9.74. The van der Waals surface area contributed by atoms with Gasteiger partial charge in [0.2, 0.25) is 0 Å². The second-order valence-corrected chi connectivity index (χ2v) is 4.50. The van der Waals surface area contributed by atoms with Gasteiger partial charge in [-0.2, -0.15) is 0 Å². The minimum atomic E-state index is -0.503. The maximum absolute atomic E-state index is 10.9.